The summed E-state index contributed by atoms with van der Waals surface area (Å²) in [4.78, 5) is 22.3. The summed E-state index contributed by atoms with van der Waals surface area (Å²) in [6.07, 6.45) is 4.05. The van der Waals surface area contributed by atoms with Crippen molar-refractivity contribution in [3.8, 4) is 0 Å². The Hall–Kier alpha value is -2.18. The van der Waals surface area contributed by atoms with E-state index in [0.29, 0.717) is 23.3 Å². The Kier molecular flexibility index (Phi) is 3.72. The van der Waals surface area contributed by atoms with Gasteiger partial charge in [0.25, 0.3) is 5.91 Å². The number of hydrogen-bond acceptors (Lipinski definition) is 6. The van der Waals surface area contributed by atoms with E-state index in [1.807, 2.05) is 4.90 Å². The number of nitrogens with zero attached hydrogens (tertiary/aromatic N) is 4. The van der Waals surface area contributed by atoms with Gasteiger partial charge in [-0.2, -0.15) is 4.98 Å². The number of oxazole rings is 1. The Labute approximate surface area is 122 Å². The van der Waals surface area contributed by atoms with Gasteiger partial charge >= 0.3 is 0 Å². The van der Waals surface area contributed by atoms with Crippen LogP contribution in [0, 0.1) is 19.8 Å². The minimum Gasteiger partial charge on any atom is -0.438 e. The van der Waals surface area contributed by atoms with Crippen LogP contribution in [0.25, 0.3) is 0 Å². The average Bonchev–Trinajstić information content (AvgIpc) is 3.17. The number of amides is 1. The van der Waals surface area contributed by atoms with Gasteiger partial charge in [0.15, 0.2) is 12.2 Å². The van der Waals surface area contributed by atoms with E-state index in [-0.39, 0.29) is 5.91 Å². The molecule has 7 heteroatoms. The van der Waals surface area contributed by atoms with Crippen LogP contribution in [0.3, 0.4) is 0 Å². The Bertz CT molecular complexity index is 634. The molecular weight excluding hydrogens is 272 g/mol. The Morgan fingerprint density at radius 2 is 2.33 bits per heavy atom. The van der Waals surface area contributed by atoms with Crippen LogP contribution in [-0.4, -0.2) is 39.0 Å². The van der Waals surface area contributed by atoms with Gasteiger partial charge in [-0.15, -0.1) is 0 Å². The van der Waals surface area contributed by atoms with Gasteiger partial charge in [0.05, 0.1) is 5.69 Å². The zero-order valence-electron chi connectivity index (χ0n) is 12.2. The molecule has 1 fully saturated rings. The fraction of sp³-hybridized carbons (Fsp3) is 0.571. The summed E-state index contributed by atoms with van der Waals surface area (Å²) in [6, 6.07) is 0. The molecule has 0 bridgehead atoms. The summed E-state index contributed by atoms with van der Waals surface area (Å²) in [7, 11) is 0. The van der Waals surface area contributed by atoms with E-state index in [2.05, 4.69) is 15.1 Å². The maximum absolute atomic E-state index is 12.3. The van der Waals surface area contributed by atoms with Crippen molar-refractivity contribution in [1.29, 1.82) is 0 Å². The van der Waals surface area contributed by atoms with Crippen LogP contribution in [0.1, 0.15) is 40.8 Å². The molecule has 1 aliphatic heterocycles. The smallest absolute Gasteiger partial charge is 0.291 e. The van der Waals surface area contributed by atoms with Crippen LogP contribution in [0.2, 0.25) is 0 Å². The molecular formula is C14H18N4O3. The lowest BCUT2D eigenvalue weighted by Crippen LogP contribution is -2.29. The van der Waals surface area contributed by atoms with Crippen molar-refractivity contribution < 1.29 is 13.7 Å². The summed E-state index contributed by atoms with van der Waals surface area (Å²) in [5.74, 6) is 2.08. The second-order valence-corrected chi connectivity index (χ2v) is 5.44. The number of likely N-dealkylation sites (tertiary alicyclic amines) is 1. The molecule has 2 aromatic rings. The average molecular weight is 290 g/mol. The summed E-state index contributed by atoms with van der Waals surface area (Å²) in [5.41, 5.74) is 0.644. The fourth-order valence-corrected chi connectivity index (χ4v) is 2.68. The van der Waals surface area contributed by atoms with Crippen molar-refractivity contribution in [1.82, 2.24) is 20.0 Å². The first-order valence-electron chi connectivity index (χ1n) is 7.12. The van der Waals surface area contributed by atoms with Crippen LogP contribution in [-0.2, 0) is 6.42 Å². The van der Waals surface area contributed by atoms with Crippen LogP contribution < -0.4 is 0 Å². The lowest BCUT2D eigenvalue weighted by molar-refractivity contribution is 0.0754. The van der Waals surface area contributed by atoms with Crippen LogP contribution >= 0.6 is 0 Å². The van der Waals surface area contributed by atoms with Crippen molar-refractivity contribution in [2.24, 2.45) is 5.92 Å². The van der Waals surface area contributed by atoms with Crippen molar-refractivity contribution in [2.45, 2.75) is 33.1 Å². The third-order valence-corrected chi connectivity index (χ3v) is 3.86. The SMILES string of the molecule is Cc1nc(CCC2CCN(C(=O)c3ocnc3C)C2)no1. The predicted octanol–water partition coefficient (Wildman–Crippen LogP) is 1.77. The maximum Gasteiger partial charge on any atom is 0.291 e. The molecule has 7 nitrogen and oxygen atoms in total. The number of aromatic nitrogens is 3. The second kappa shape index (κ2) is 5.67. The van der Waals surface area contributed by atoms with Crippen molar-refractivity contribution in [2.75, 3.05) is 13.1 Å². The molecule has 2 aromatic heterocycles. The molecule has 0 radical (unpaired) electrons. The van der Waals surface area contributed by atoms with Crippen molar-refractivity contribution in [3.05, 3.63) is 29.6 Å². The summed E-state index contributed by atoms with van der Waals surface area (Å²) < 4.78 is 10.1. The Morgan fingerprint density at radius 1 is 1.48 bits per heavy atom. The standard InChI is InChI=1S/C14H18N4O3/c1-9-13(20-8-15-9)14(19)18-6-5-11(7-18)3-4-12-16-10(2)21-17-12/h8,11H,3-7H2,1-2H3. The van der Waals surface area contributed by atoms with Gasteiger partial charge in [-0.05, 0) is 25.7 Å². The van der Waals surface area contributed by atoms with Crippen LogP contribution in [0.4, 0.5) is 0 Å². The molecule has 21 heavy (non-hydrogen) atoms. The van der Waals surface area contributed by atoms with E-state index in [9.17, 15) is 4.79 Å². The van der Waals surface area contributed by atoms with Crippen LogP contribution in [0.5, 0.6) is 0 Å². The van der Waals surface area contributed by atoms with E-state index < -0.39 is 0 Å². The largest absolute Gasteiger partial charge is 0.438 e. The minimum atomic E-state index is -0.0668. The molecule has 0 aliphatic carbocycles. The number of hydrogen-bond donors (Lipinski definition) is 0. The molecule has 0 spiro atoms. The van der Waals surface area contributed by atoms with Gasteiger partial charge in [-0.25, -0.2) is 4.98 Å². The fourth-order valence-electron chi connectivity index (χ4n) is 2.68. The summed E-state index contributed by atoms with van der Waals surface area (Å²) in [5, 5.41) is 3.89. The zero-order valence-corrected chi connectivity index (χ0v) is 12.2. The van der Waals surface area contributed by atoms with Gasteiger partial charge in [0.2, 0.25) is 11.7 Å². The lowest BCUT2D eigenvalue weighted by atomic mass is 10.0. The highest BCUT2D eigenvalue weighted by Crippen LogP contribution is 2.23. The summed E-state index contributed by atoms with van der Waals surface area (Å²) in [6.45, 7) is 5.07. The monoisotopic (exact) mass is 290 g/mol. The van der Waals surface area contributed by atoms with E-state index in [0.717, 1.165) is 38.2 Å². The molecule has 112 valence electrons. The number of rotatable bonds is 4. The van der Waals surface area contributed by atoms with Gasteiger partial charge in [0.1, 0.15) is 0 Å². The highest BCUT2D eigenvalue weighted by atomic mass is 16.5. The Morgan fingerprint density at radius 3 is 3.00 bits per heavy atom. The van der Waals surface area contributed by atoms with Gasteiger partial charge in [0, 0.05) is 26.4 Å². The zero-order chi connectivity index (χ0) is 14.8. The maximum atomic E-state index is 12.3. The molecule has 0 saturated carbocycles. The molecule has 0 N–H and O–H groups in total. The van der Waals surface area contributed by atoms with Crippen molar-refractivity contribution >= 4 is 5.91 Å². The van der Waals surface area contributed by atoms with Crippen LogP contribution in [0.15, 0.2) is 15.3 Å². The molecule has 3 rings (SSSR count). The molecule has 3 heterocycles. The van der Waals surface area contributed by atoms with E-state index in [1.165, 1.54) is 6.39 Å². The van der Waals surface area contributed by atoms with E-state index >= 15 is 0 Å². The quantitative estimate of drug-likeness (QED) is 0.853. The number of carbonyl (C=O) groups excluding carboxylic acids is 1. The molecule has 1 amide bonds. The third kappa shape index (κ3) is 2.96. The predicted molar refractivity (Wildman–Crippen MR) is 72.6 cm³/mol. The molecule has 1 unspecified atom stereocenters. The first kappa shape index (κ1) is 13.8. The second-order valence-electron chi connectivity index (χ2n) is 5.44. The number of carbonyl (C=O) groups is 1. The topological polar surface area (TPSA) is 85.3 Å². The third-order valence-electron chi connectivity index (χ3n) is 3.86. The van der Waals surface area contributed by atoms with Gasteiger partial charge in [-0.3, -0.25) is 4.79 Å². The highest BCUT2D eigenvalue weighted by Gasteiger charge is 2.29. The Balaban J connectivity index is 1.53. The molecule has 1 atom stereocenters. The van der Waals surface area contributed by atoms with Gasteiger partial charge < -0.3 is 13.8 Å². The van der Waals surface area contributed by atoms with E-state index in [1.54, 1.807) is 13.8 Å². The lowest BCUT2D eigenvalue weighted by Gasteiger charge is -2.14. The van der Waals surface area contributed by atoms with Gasteiger partial charge in [-0.1, -0.05) is 5.16 Å². The minimum absolute atomic E-state index is 0.0668. The first-order valence-corrected chi connectivity index (χ1v) is 7.12. The first-order chi connectivity index (χ1) is 10.1. The normalized spacial score (nSPS) is 18.4. The molecule has 0 aromatic carbocycles. The van der Waals surface area contributed by atoms with E-state index in [4.69, 9.17) is 8.94 Å². The molecule has 1 saturated heterocycles. The summed E-state index contributed by atoms with van der Waals surface area (Å²) >= 11 is 0. The van der Waals surface area contributed by atoms with Crippen molar-refractivity contribution in [3.63, 3.8) is 0 Å². The number of aryl methyl sites for hydroxylation is 3. The highest BCUT2D eigenvalue weighted by molar-refractivity contribution is 5.92. The molecule has 1 aliphatic rings.